The molecule has 7 nitrogen and oxygen atoms in total. The minimum absolute atomic E-state index is 0.321. The highest BCUT2D eigenvalue weighted by molar-refractivity contribution is 8.00. The van der Waals surface area contributed by atoms with Gasteiger partial charge >= 0.3 is 6.03 Å². The Bertz CT molecular complexity index is 725. The van der Waals surface area contributed by atoms with Gasteiger partial charge in [-0.3, -0.25) is 15.2 Å². The van der Waals surface area contributed by atoms with Crippen molar-refractivity contribution in [3.05, 3.63) is 28.2 Å². The molecule has 0 fully saturated rings. The van der Waals surface area contributed by atoms with E-state index in [0.29, 0.717) is 23.4 Å². The van der Waals surface area contributed by atoms with E-state index in [2.05, 4.69) is 25.8 Å². The SMILES string of the molecule is CC(C)CNC(=O)NC(=O)C(C)Sc1n[nH]c(/C=C/c2cccs2)n1. The first kappa shape index (κ1) is 19.2. The number of amides is 3. The first-order chi connectivity index (χ1) is 11.9. The number of nitrogens with one attached hydrogen (secondary N) is 3. The maximum Gasteiger partial charge on any atom is 0.321 e. The predicted octanol–water partition coefficient (Wildman–Crippen LogP) is 3.00. The van der Waals surface area contributed by atoms with Crippen LogP contribution in [-0.2, 0) is 4.79 Å². The number of imide groups is 1. The molecule has 25 heavy (non-hydrogen) atoms. The van der Waals surface area contributed by atoms with Crippen molar-refractivity contribution in [3.63, 3.8) is 0 Å². The average molecular weight is 380 g/mol. The lowest BCUT2D eigenvalue weighted by atomic mass is 10.2. The molecule has 0 aliphatic heterocycles. The van der Waals surface area contributed by atoms with Crippen molar-refractivity contribution in [2.24, 2.45) is 5.92 Å². The highest BCUT2D eigenvalue weighted by Crippen LogP contribution is 2.20. The summed E-state index contributed by atoms with van der Waals surface area (Å²) in [5.74, 6) is 0.548. The van der Waals surface area contributed by atoms with E-state index >= 15 is 0 Å². The standard InChI is InChI=1S/C16H21N5O2S2/c1-10(2)9-17-15(23)19-14(22)11(3)25-16-18-13(20-21-16)7-6-12-5-4-8-24-12/h4-8,10-11H,9H2,1-3H3,(H,18,20,21)(H2,17,19,22,23)/b7-6+. The van der Waals surface area contributed by atoms with Gasteiger partial charge in [-0.1, -0.05) is 31.7 Å². The Morgan fingerprint density at radius 3 is 2.84 bits per heavy atom. The molecule has 3 amide bonds. The third-order valence-electron chi connectivity index (χ3n) is 2.99. The number of H-pyrrole nitrogens is 1. The topological polar surface area (TPSA) is 99.8 Å². The molecular weight excluding hydrogens is 358 g/mol. The van der Waals surface area contributed by atoms with Gasteiger partial charge < -0.3 is 5.32 Å². The maximum absolute atomic E-state index is 12.0. The van der Waals surface area contributed by atoms with Crippen molar-refractivity contribution in [2.45, 2.75) is 31.2 Å². The van der Waals surface area contributed by atoms with Crippen LogP contribution in [0.5, 0.6) is 0 Å². The largest absolute Gasteiger partial charge is 0.338 e. The summed E-state index contributed by atoms with van der Waals surface area (Å²) in [6.07, 6.45) is 3.77. The monoisotopic (exact) mass is 379 g/mol. The van der Waals surface area contributed by atoms with Gasteiger partial charge in [0, 0.05) is 11.4 Å². The lowest BCUT2D eigenvalue weighted by Crippen LogP contribution is -2.43. The van der Waals surface area contributed by atoms with E-state index in [0.717, 1.165) is 4.88 Å². The Hall–Kier alpha value is -2.13. The number of aromatic amines is 1. The highest BCUT2D eigenvalue weighted by Gasteiger charge is 2.19. The molecule has 0 aliphatic rings. The normalized spacial score (nSPS) is 12.5. The molecule has 0 aliphatic carbocycles. The van der Waals surface area contributed by atoms with Crippen LogP contribution < -0.4 is 10.6 Å². The lowest BCUT2D eigenvalue weighted by molar-refractivity contribution is -0.119. The number of thiophene rings is 1. The second-order valence-corrected chi connectivity index (χ2v) is 7.99. The van der Waals surface area contributed by atoms with Gasteiger partial charge in [-0.15, -0.1) is 16.4 Å². The van der Waals surface area contributed by atoms with Gasteiger partial charge in [0.05, 0.1) is 5.25 Å². The number of nitrogens with zero attached hydrogens (tertiary/aromatic N) is 2. The molecule has 1 atom stereocenters. The molecule has 2 aromatic heterocycles. The van der Waals surface area contributed by atoms with Crippen molar-refractivity contribution in [1.82, 2.24) is 25.8 Å². The van der Waals surface area contributed by atoms with E-state index in [4.69, 9.17) is 0 Å². The zero-order valence-corrected chi connectivity index (χ0v) is 15.9. The average Bonchev–Trinajstić information content (AvgIpc) is 3.22. The fourth-order valence-corrected chi connectivity index (χ4v) is 3.05. The Morgan fingerprint density at radius 1 is 1.36 bits per heavy atom. The van der Waals surface area contributed by atoms with Crippen LogP contribution >= 0.6 is 23.1 Å². The highest BCUT2D eigenvalue weighted by atomic mass is 32.2. The van der Waals surface area contributed by atoms with E-state index in [1.165, 1.54) is 11.8 Å². The molecule has 0 radical (unpaired) electrons. The maximum atomic E-state index is 12.0. The van der Waals surface area contributed by atoms with Gasteiger partial charge in [0.2, 0.25) is 11.1 Å². The minimum Gasteiger partial charge on any atom is -0.338 e. The molecule has 9 heteroatoms. The Balaban J connectivity index is 1.82. The fraction of sp³-hybridized carbons (Fsp3) is 0.375. The van der Waals surface area contributed by atoms with Gasteiger partial charge in [-0.25, -0.2) is 9.78 Å². The summed E-state index contributed by atoms with van der Waals surface area (Å²) in [4.78, 5) is 29.1. The molecule has 2 rings (SSSR count). The van der Waals surface area contributed by atoms with E-state index < -0.39 is 11.3 Å². The summed E-state index contributed by atoms with van der Waals surface area (Å²) in [7, 11) is 0. The minimum atomic E-state index is -0.491. The summed E-state index contributed by atoms with van der Waals surface area (Å²) in [5.41, 5.74) is 0. The molecule has 2 aromatic rings. The van der Waals surface area contributed by atoms with Crippen LogP contribution in [0.15, 0.2) is 22.7 Å². The van der Waals surface area contributed by atoms with E-state index in [1.807, 2.05) is 43.5 Å². The quantitative estimate of drug-likeness (QED) is 0.642. The van der Waals surface area contributed by atoms with Crippen LogP contribution in [0, 0.1) is 5.92 Å². The van der Waals surface area contributed by atoms with Crippen molar-refractivity contribution in [1.29, 1.82) is 0 Å². The summed E-state index contributed by atoms with van der Waals surface area (Å²) >= 11 is 2.82. The molecule has 1 unspecified atom stereocenters. The smallest absolute Gasteiger partial charge is 0.321 e. The van der Waals surface area contributed by atoms with Crippen molar-refractivity contribution < 1.29 is 9.59 Å². The Morgan fingerprint density at radius 2 is 2.16 bits per heavy atom. The first-order valence-electron chi connectivity index (χ1n) is 7.83. The zero-order chi connectivity index (χ0) is 18.2. The third kappa shape index (κ3) is 6.71. The van der Waals surface area contributed by atoms with Gasteiger partial charge in [-0.2, -0.15) is 0 Å². The van der Waals surface area contributed by atoms with Crippen LogP contribution in [0.2, 0.25) is 0 Å². The van der Waals surface area contributed by atoms with Crippen LogP contribution in [0.4, 0.5) is 4.79 Å². The summed E-state index contributed by atoms with van der Waals surface area (Å²) < 4.78 is 0. The number of urea groups is 1. The number of carbonyl (C=O) groups excluding carboxylic acids is 2. The molecule has 2 heterocycles. The molecule has 0 aromatic carbocycles. The number of hydrogen-bond acceptors (Lipinski definition) is 6. The molecule has 0 saturated heterocycles. The second kappa shape index (κ2) is 9.38. The van der Waals surface area contributed by atoms with E-state index in [-0.39, 0.29) is 5.91 Å². The van der Waals surface area contributed by atoms with Crippen LogP contribution in [0.1, 0.15) is 31.5 Å². The number of carbonyl (C=O) groups is 2. The molecular formula is C16H21N5O2S2. The van der Waals surface area contributed by atoms with Crippen LogP contribution in [0.3, 0.4) is 0 Å². The van der Waals surface area contributed by atoms with Crippen LogP contribution in [0.25, 0.3) is 12.2 Å². The van der Waals surface area contributed by atoms with Crippen molar-refractivity contribution in [2.75, 3.05) is 6.54 Å². The lowest BCUT2D eigenvalue weighted by Gasteiger charge is -2.11. The fourth-order valence-electron chi connectivity index (χ4n) is 1.70. The van der Waals surface area contributed by atoms with Gasteiger partial charge in [0.1, 0.15) is 5.82 Å². The molecule has 0 saturated carbocycles. The summed E-state index contributed by atoms with van der Waals surface area (Å²) in [6, 6.07) is 3.49. The van der Waals surface area contributed by atoms with Gasteiger partial charge in [0.15, 0.2) is 0 Å². The predicted molar refractivity (Wildman–Crippen MR) is 101 cm³/mol. The van der Waals surface area contributed by atoms with Crippen molar-refractivity contribution in [3.8, 4) is 0 Å². The third-order valence-corrected chi connectivity index (χ3v) is 4.79. The zero-order valence-electron chi connectivity index (χ0n) is 14.3. The Kier molecular flexibility index (Phi) is 7.20. The number of hydrogen-bond donors (Lipinski definition) is 3. The summed E-state index contributed by atoms with van der Waals surface area (Å²) in [6.45, 7) is 6.18. The van der Waals surface area contributed by atoms with Crippen LogP contribution in [-0.4, -0.2) is 38.9 Å². The second-order valence-electron chi connectivity index (χ2n) is 5.71. The molecule has 0 bridgehead atoms. The molecule has 134 valence electrons. The number of rotatable bonds is 7. The van der Waals surface area contributed by atoms with Crippen molar-refractivity contribution >= 4 is 47.2 Å². The molecule has 0 spiro atoms. The van der Waals surface area contributed by atoms with Gasteiger partial charge in [-0.05, 0) is 36.4 Å². The van der Waals surface area contributed by atoms with E-state index in [9.17, 15) is 9.59 Å². The number of aromatic nitrogens is 3. The number of thioether (sulfide) groups is 1. The molecule has 3 N–H and O–H groups in total. The summed E-state index contributed by atoms with van der Waals surface area (Å²) in [5, 5.41) is 13.8. The van der Waals surface area contributed by atoms with Gasteiger partial charge in [0.25, 0.3) is 0 Å². The van der Waals surface area contributed by atoms with E-state index in [1.54, 1.807) is 18.3 Å². The Labute approximate surface area is 154 Å². The first-order valence-corrected chi connectivity index (χ1v) is 9.59.